The molecule has 1 aromatic rings. The first-order valence-electron chi connectivity index (χ1n) is 9.36. The van der Waals surface area contributed by atoms with Gasteiger partial charge in [0, 0.05) is 19.2 Å². The number of ether oxygens (including phenoxy) is 3. The van der Waals surface area contributed by atoms with Crippen molar-refractivity contribution in [3.63, 3.8) is 0 Å². The molecule has 1 aliphatic rings. The highest BCUT2D eigenvalue weighted by Gasteiger charge is 2.25. The van der Waals surface area contributed by atoms with Gasteiger partial charge >= 0.3 is 5.97 Å². The van der Waals surface area contributed by atoms with E-state index in [1.165, 1.54) is 6.08 Å². The first-order valence-corrected chi connectivity index (χ1v) is 9.36. The fourth-order valence-electron chi connectivity index (χ4n) is 3.37. The van der Waals surface area contributed by atoms with Crippen molar-refractivity contribution in [2.24, 2.45) is 11.8 Å². The average Bonchev–Trinajstić information content (AvgIpc) is 2.64. The van der Waals surface area contributed by atoms with Gasteiger partial charge in [0.2, 0.25) is 0 Å². The molecule has 0 saturated carbocycles. The summed E-state index contributed by atoms with van der Waals surface area (Å²) in [5.41, 5.74) is 0.775. The standard InChI is InChI=1S/C21H29NO5/c1-5-26-18-8-6-17(11-19(18)25-4)7-9-21(24)27-14-20(23)22-12-15(2)10-16(3)13-22/h6-9,11,15-16H,5,10,12-14H2,1-4H3/b9-7+/t15-,16+. The summed E-state index contributed by atoms with van der Waals surface area (Å²) in [7, 11) is 1.56. The lowest BCUT2D eigenvalue weighted by Crippen LogP contribution is -2.44. The molecular formula is C21H29NO5. The summed E-state index contributed by atoms with van der Waals surface area (Å²) in [6.07, 6.45) is 4.05. The summed E-state index contributed by atoms with van der Waals surface area (Å²) in [5, 5.41) is 0. The minimum Gasteiger partial charge on any atom is -0.493 e. The van der Waals surface area contributed by atoms with Crippen molar-refractivity contribution in [3.05, 3.63) is 29.8 Å². The Labute approximate surface area is 161 Å². The van der Waals surface area contributed by atoms with E-state index in [1.807, 2.05) is 13.0 Å². The van der Waals surface area contributed by atoms with Crippen molar-refractivity contribution in [3.8, 4) is 11.5 Å². The third-order valence-corrected chi connectivity index (χ3v) is 4.46. The van der Waals surface area contributed by atoms with Gasteiger partial charge < -0.3 is 19.1 Å². The molecule has 0 N–H and O–H groups in total. The molecule has 2 atom stereocenters. The van der Waals surface area contributed by atoms with E-state index in [4.69, 9.17) is 14.2 Å². The SMILES string of the molecule is CCOc1ccc(/C=C/C(=O)OCC(=O)N2C[C@H](C)C[C@H](C)C2)cc1OC. The zero-order valence-electron chi connectivity index (χ0n) is 16.6. The Hall–Kier alpha value is -2.50. The van der Waals surface area contributed by atoms with Crippen molar-refractivity contribution < 1.29 is 23.8 Å². The van der Waals surface area contributed by atoms with Crippen molar-refractivity contribution in [1.82, 2.24) is 4.90 Å². The Morgan fingerprint density at radius 1 is 1.19 bits per heavy atom. The van der Waals surface area contributed by atoms with Crippen LogP contribution in [0.4, 0.5) is 0 Å². The molecule has 0 bridgehead atoms. The van der Waals surface area contributed by atoms with Gasteiger partial charge in [-0.3, -0.25) is 4.79 Å². The van der Waals surface area contributed by atoms with Crippen LogP contribution in [-0.4, -0.2) is 50.2 Å². The molecule has 0 aliphatic carbocycles. The number of carbonyl (C=O) groups excluding carboxylic acids is 2. The third-order valence-electron chi connectivity index (χ3n) is 4.46. The van der Waals surface area contributed by atoms with Gasteiger partial charge in [0.1, 0.15) is 0 Å². The number of carbonyl (C=O) groups is 2. The number of rotatable bonds is 7. The Morgan fingerprint density at radius 3 is 2.52 bits per heavy atom. The lowest BCUT2D eigenvalue weighted by Gasteiger charge is -2.34. The van der Waals surface area contributed by atoms with Crippen molar-refractivity contribution >= 4 is 18.0 Å². The van der Waals surface area contributed by atoms with Crippen LogP contribution in [-0.2, 0) is 14.3 Å². The van der Waals surface area contributed by atoms with Crippen molar-refractivity contribution in [2.45, 2.75) is 27.2 Å². The molecule has 2 rings (SSSR count). The molecule has 1 aliphatic heterocycles. The van der Waals surface area contributed by atoms with Crippen LogP contribution < -0.4 is 9.47 Å². The summed E-state index contributed by atoms with van der Waals surface area (Å²) in [4.78, 5) is 25.9. The molecule has 0 spiro atoms. The molecule has 1 fully saturated rings. The van der Waals surface area contributed by atoms with Crippen LogP contribution in [0.25, 0.3) is 6.08 Å². The van der Waals surface area contributed by atoms with Gasteiger partial charge in [0.25, 0.3) is 5.91 Å². The zero-order valence-corrected chi connectivity index (χ0v) is 16.6. The van der Waals surface area contributed by atoms with E-state index in [0.717, 1.165) is 25.1 Å². The Morgan fingerprint density at radius 2 is 1.89 bits per heavy atom. The van der Waals surface area contributed by atoms with E-state index in [9.17, 15) is 9.59 Å². The van der Waals surface area contributed by atoms with Gasteiger partial charge in [-0.25, -0.2) is 4.79 Å². The van der Waals surface area contributed by atoms with Crippen LogP contribution in [0.2, 0.25) is 0 Å². The number of nitrogens with zero attached hydrogens (tertiary/aromatic N) is 1. The summed E-state index contributed by atoms with van der Waals surface area (Å²) >= 11 is 0. The minimum absolute atomic E-state index is 0.141. The van der Waals surface area contributed by atoms with Crippen LogP contribution in [0, 0.1) is 11.8 Å². The first kappa shape index (κ1) is 20.8. The zero-order chi connectivity index (χ0) is 19.8. The number of likely N-dealkylation sites (tertiary alicyclic amines) is 1. The van der Waals surface area contributed by atoms with Crippen molar-refractivity contribution in [2.75, 3.05) is 33.4 Å². The van der Waals surface area contributed by atoms with E-state index in [2.05, 4.69) is 13.8 Å². The van der Waals surface area contributed by atoms with Crippen LogP contribution >= 0.6 is 0 Å². The monoisotopic (exact) mass is 375 g/mol. The van der Waals surface area contributed by atoms with Crippen LogP contribution in [0.5, 0.6) is 11.5 Å². The van der Waals surface area contributed by atoms with Gasteiger partial charge in [-0.2, -0.15) is 0 Å². The number of benzene rings is 1. The number of amides is 1. The smallest absolute Gasteiger partial charge is 0.331 e. The number of piperidine rings is 1. The molecule has 6 heteroatoms. The normalized spacial score (nSPS) is 19.8. The minimum atomic E-state index is -0.547. The second kappa shape index (κ2) is 10.00. The topological polar surface area (TPSA) is 65.1 Å². The fourth-order valence-corrected chi connectivity index (χ4v) is 3.37. The molecule has 0 aromatic heterocycles. The molecule has 1 amide bonds. The Kier molecular flexibility index (Phi) is 7.70. The second-order valence-corrected chi connectivity index (χ2v) is 7.03. The Balaban J connectivity index is 1.87. The average molecular weight is 375 g/mol. The lowest BCUT2D eigenvalue weighted by atomic mass is 9.92. The van der Waals surface area contributed by atoms with Gasteiger partial charge in [-0.1, -0.05) is 19.9 Å². The highest BCUT2D eigenvalue weighted by Crippen LogP contribution is 2.28. The van der Waals surface area contributed by atoms with E-state index in [1.54, 1.807) is 30.2 Å². The molecule has 27 heavy (non-hydrogen) atoms. The Bertz CT molecular complexity index is 675. The number of hydrogen-bond acceptors (Lipinski definition) is 5. The van der Waals surface area contributed by atoms with Gasteiger partial charge in [-0.15, -0.1) is 0 Å². The molecule has 148 valence electrons. The summed E-state index contributed by atoms with van der Waals surface area (Å²) < 4.78 is 15.8. The first-order chi connectivity index (χ1) is 12.9. The molecule has 1 saturated heterocycles. The number of methoxy groups -OCH3 is 1. The predicted octanol–water partition coefficient (Wildman–Crippen LogP) is 3.15. The highest BCUT2D eigenvalue weighted by atomic mass is 16.5. The second-order valence-electron chi connectivity index (χ2n) is 7.03. The van der Waals surface area contributed by atoms with Crippen LogP contribution in [0.3, 0.4) is 0 Å². The molecule has 0 radical (unpaired) electrons. The predicted molar refractivity (Wildman–Crippen MR) is 104 cm³/mol. The maximum absolute atomic E-state index is 12.2. The number of esters is 1. The largest absolute Gasteiger partial charge is 0.493 e. The highest BCUT2D eigenvalue weighted by molar-refractivity contribution is 5.89. The van der Waals surface area contributed by atoms with Gasteiger partial charge in [-0.05, 0) is 49.0 Å². The molecular weight excluding hydrogens is 346 g/mol. The summed E-state index contributed by atoms with van der Waals surface area (Å²) in [6.45, 7) is 7.93. The summed E-state index contributed by atoms with van der Waals surface area (Å²) in [6, 6.07) is 5.38. The maximum atomic E-state index is 12.2. The van der Waals surface area contributed by atoms with Crippen LogP contribution in [0.1, 0.15) is 32.8 Å². The van der Waals surface area contributed by atoms with E-state index in [-0.39, 0.29) is 12.5 Å². The van der Waals surface area contributed by atoms with Gasteiger partial charge in [0.15, 0.2) is 18.1 Å². The number of hydrogen-bond donors (Lipinski definition) is 0. The van der Waals surface area contributed by atoms with Crippen LogP contribution in [0.15, 0.2) is 24.3 Å². The van der Waals surface area contributed by atoms with Gasteiger partial charge in [0.05, 0.1) is 13.7 Å². The maximum Gasteiger partial charge on any atom is 0.331 e. The van der Waals surface area contributed by atoms with E-state index in [0.29, 0.717) is 29.9 Å². The fraction of sp³-hybridized carbons (Fsp3) is 0.524. The molecule has 0 unspecified atom stereocenters. The van der Waals surface area contributed by atoms with Crippen molar-refractivity contribution in [1.29, 1.82) is 0 Å². The molecule has 6 nitrogen and oxygen atoms in total. The third kappa shape index (κ3) is 6.31. The van der Waals surface area contributed by atoms with E-state index < -0.39 is 5.97 Å². The lowest BCUT2D eigenvalue weighted by molar-refractivity contribution is -0.149. The molecule has 1 heterocycles. The summed E-state index contributed by atoms with van der Waals surface area (Å²) in [5.74, 6) is 1.50. The quantitative estimate of drug-likeness (QED) is 0.541. The molecule has 1 aromatic carbocycles. The van der Waals surface area contributed by atoms with E-state index >= 15 is 0 Å².